The van der Waals surface area contributed by atoms with Crippen LogP contribution in [0.1, 0.15) is 24.8 Å². The van der Waals surface area contributed by atoms with Gasteiger partial charge in [0.1, 0.15) is 0 Å². The van der Waals surface area contributed by atoms with Gasteiger partial charge in [-0.15, -0.1) is 0 Å². The molecule has 21 heavy (non-hydrogen) atoms. The van der Waals surface area contributed by atoms with Gasteiger partial charge in [-0.25, -0.2) is 13.1 Å². The number of halogens is 1. The predicted octanol–water partition coefficient (Wildman–Crippen LogP) is 1.99. The van der Waals surface area contributed by atoms with Gasteiger partial charge >= 0.3 is 0 Å². The van der Waals surface area contributed by atoms with Crippen LogP contribution in [0.25, 0.3) is 0 Å². The molecule has 0 saturated carbocycles. The maximum Gasteiger partial charge on any atom is 0.240 e. The van der Waals surface area contributed by atoms with E-state index in [-0.39, 0.29) is 4.90 Å². The van der Waals surface area contributed by atoms with E-state index < -0.39 is 10.0 Å². The summed E-state index contributed by atoms with van der Waals surface area (Å²) in [6, 6.07) is 2.89. The van der Waals surface area contributed by atoms with Crippen molar-refractivity contribution in [2.75, 3.05) is 31.9 Å². The Morgan fingerprint density at radius 3 is 2.62 bits per heavy atom. The molecule has 1 saturated heterocycles. The molecule has 1 fully saturated rings. The van der Waals surface area contributed by atoms with Crippen LogP contribution >= 0.6 is 11.6 Å². The Hall–Kier alpha value is -0.820. The lowest BCUT2D eigenvalue weighted by atomic mass is 10.2. The van der Waals surface area contributed by atoms with Crippen molar-refractivity contribution in [2.24, 2.45) is 0 Å². The van der Waals surface area contributed by atoms with Crippen LogP contribution in [0, 0.1) is 6.92 Å². The Morgan fingerprint density at radius 2 is 2.00 bits per heavy atom. The van der Waals surface area contributed by atoms with Gasteiger partial charge in [0.25, 0.3) is 0 Å². The first-order valence-electron chi connectivity index (χ1n) is 7.18. The second-order valence-corrected chi connectivity index (χ2v) is 7.59. The first-order valence-corrected chi connectivity index (χ1v) is 9.04. The van der Waals surface area contributed by atoms with Crippen LogP contribution in [0.15, 0.2) is 17.0 Å². The van der Waals surface area contributed by atoms with Crippen LogP contribution in [-0.4, -0.2) is 39.5 Å². The Labute approximate surface area is 131 Å². The van der Waals surface area contributed by atoms with E-state index in [0.29, 0.717) is 22.8 Å². The molecule has 2 rings (SSSR count). The van der Waals surface area contributed by atoms with E-state index in [1.165, 1.54) is 25.0 Å². The fraction of sp³-hybridized carbons (Fsp3) is 0.571. The number of sulfonamides is 1. The third kappa shape index (κ3) is 4.32. The van der Waals surface area contributed by atoms with Crippen LogP contribution in [0.4, 0.5) is 5.69 Å². The summed E-state index contributed by atoms with van der Waals surface area (Å²) in [6.45, 7) is 5.36. The molecule has 5 nitrogen and oxygen atoms in total. The van der Waals surface area contributed by atoms with Crippen molar-refractivity contribution in [1.82, 2.24) is 9.62 Å². The van der Waals surface area contributed by atoms with Crippen molar-refractivity contribution >= 4 is 27.3 Å². The van der Waals surface area contributed by atoms with Gasteiger partial charge < -0.3 is 10.6 Å². The van der Waals surface area contributed by atoms with Crippen molar-refractivity contribution in [3.63, 3.8) is 0 Å². The molecule has 1 aliphatic rings. The summed E-state index contributed by atoms with van der Waals surface area (Å²) in [4.78, 5) is 2.48. The summed E-state index contributed by atoms with van der Waals surface area (Å²) >= 11 is 5.99. The standard InChI is InChI=1S/C14H22ClN3O2S/c1-11-13(15)9-12(10-14(11)16)21(19,20)17-5-4-8-18-6-2-3-7-18/h9-10,17H,2-8,16H2,1H3. The van der Waals surface area contributed by atoms with Crippen LogP contribution in [-0.2, 0) is 10.0 Å². The summed E-state index contributed by atoms with van der Waals surface area (Å²) < 4.78 is 27.0. The molecule has 0 aromatic heterocycles. The van der Waals surface area contributed by atoms with Crippen molar-refractivity contribution < 1.29 is 8.42 Å². The number of nitrogen functional groups attached to an aromatic ring is 1. The van der Waals surface area contributed by atoms with Gasteiger partial charge in [0.05, 0.1) is 4.90 Å². The van der Waals surface area contributed by atoms with Crippen LogP contribution in [0.2, 0.25) is 5.02 Å². The highest BCUT2D eigenvalue weighted by molar-refractivity contribution is 7.89. The minimum atomic E-state index is -3.55. The third-order valence-corrected chi connectivity index (χ3v) is 5.64. The number of nitrogens with two attached hydrogens (primary N) is 1. The smallest absolute Gasteiger partial charge is 0.240 e. The third-order valence-electron chi connectivity index (χ3n) is 3.81. The average molecular weight is 332 g/mol. The zero-order chi connectivity index (χ0) is 15.5. The minimum absolute atomic E-state index is 0.122. The summed E-state index contributed by atoms with van der Waals surface area (Å²) in [5.74, 6) is 0. The predicted molar refractivity (Wildman–Crippen MR) is 86.1 cm³/mol. The van der Waals surface area contributed by atoms with Gasteiger partial charge in [-0.3, -0.25) is 0 Å². The van der Waals surface area contributed by atoms with Crippen LogP contribution in [0.3, 0.4) is 0 Å². The molecule has 0 amide bonds. The van der Waals surface area contributed by atoms with E-state index in [0.717, 1.165) is 26.1 Å². The van der Waals surface area contributed by atoms with Gasteiger partial charge in [0.2, 0.25) is 10.0 Å². The van der Waals surface area contributed by atoms with Crippen molar-refractivity contribution in [2.45, 2.75) is 31.1 Å². The second-order valence-electron chi connectivity index (χ2n) is 5.42. The monoisotopic (exact) mass is 331 g/mol. The second kappa shape index (κ2) is 6.96. The Morgan fingerprint density at radius 1 is 1.33 bits per heavy atom. The lowest BCUT2D eigenvalue weighted by molar-refractivity contribution is 0.334. The molecule has 1 aromatic carbocycles. The molecule has 7 heteroatoms. The lowest BCUT2D eigenvalue weighted by Gasteiger charge is -2.14. The minimum Gasteiger partial charge on any atom is -0.398 e. The number of hydrogen-bond acceptors (Lipinski definition) is 4. The molecule has 1 aromatic rings. The summed E-state index contributed by atoms with van der Waals surface area (Å²) in [7, 11) is -3.55. The first-order chi connectivity index (χ1) is 9.90. The Balaban J connectivity index is 1.92. The molecule has 0 atom stereocenters. The summed E-state index contributed by atoms with van der Waals surface area (Å²) in [5.41, 5.74) is 6.86. The van der Waals surface area contributed by atoms with Gasteiger partial charge in [0, 0.05) is 17.3 Å². The van der Waals surface area contributed by atoms with Gasteiger partial charge in [-0.05, 0) is 63.5 Å². The topological polar surface area (TPSA) is 75.4 Å². The van der Waals surface area contributed by atoms with Crippen molar-refractivity contribution in [3.8, 4) is 0 Å². The number of hydrogen-bond donors (Lipinski definition) is 2. The fourth-order valence-electron chi connectivity index (χ4n) is 2.43. The molecule has 0 spiro atoms. The number of rotatable bonds is 6. The Kier molecular flexibility index (Phi) is 5.48. The molecule has 0 bridgehead atoms. The van der Waals surface area contributed by atoms with Gasteiger partial charge in [-0.2, -0.15) is 0 Å². The van der Waals surface area contributed by atoms with Gasteiger partial charge in [-0.1, -0.05) is 11.6 Å². The molecule has 1 heterocycles. The summed E-state index contributed by atoms with van der Waals surface area (Å²) in [5, 5.41) is 0.368. The van der Waals surface area contributed by atoms with Crippen molar-refractivity contribution in [3.05, 3.63) is 22.7 Å². The molecule has 3 N–H and O–H groups in total. The normalized spacial score (nSPS) is 16.5. The lowest BCUT2D eigenvalue weighted by Crippen LogP contribution is -2.28. The Bertz CT molecular complexity index is 575. The number of nitrogens with one attached hydrogen (secondary N) is 1. The highest BCUT2D eigenvalue weighted by Crippen LogP contribution is 2.25. The number of likely N-dealkylation sites (tertiary alicyclic amines) is 1. The van der Waals surface area contributed by atoms with E-state index in [1.54, 1.807) is 6.92 Å². The van der Waals surface area contributed by atoms with Gasteiger partial charge in [0.15, 0.2) is 0 Å². The number of benzene rings is 1. The SMILES string of the molecule is Cc1c(N)cc(S(=O)(=O)NCCCN2CCCC2)cc1Cl. The van der Waals surface area contributed by atoms with E-state index in [4.69, 9.17) is 17.3 Å². The van der Waals surface area contributed by atoms with E-state index in [1.807, 2.05) is 0 Å². The zero-order valence-corrected chi connectivity index (χ0v) is 13.8. The largest absolute Gasteiger partial charge is 0.398 e. The average Bonchev–Trinajstić information content (AvgIpc) is 2.93. The highest BCUT2D eigenvalue weighted by atomic mass is 35.5. The molecule has 0 radical (unpaired) electrons. The number of nitrogens with zero attached hydrogens (tertiary/aromatic N) is 1. The molecule has 0 unspecified atom stereocenters. The van der Waals surface area contributed by atoms with E-state index in [2.05, 4.69) is 9.62 Å². The molecular weight excluding hydrogens is 310 g/mol. The van der Waals surface area contributed by atoms with Crippen LogP contribution < -0.4 is 10.5 Å². The van der Waals surface area contributed by atoms with Crippen LogP contribution in [0.5, 0.6) is 0 Å². The van der Waals surface area contributed by atoms with E-state index >= 15 is 0 Å². The molecule has 0 aliphatic carbocycles. The first kappa shape index (κ1) is 16.5. The molecule has 1 aliphatic heterocycles. The molecular formula is C14H22ClN3O2S. The fourth-order valence-corrected chi connectivity index (χ4v) is 3.85. The highest BCUT2D eigenvalue weighted by Gasteiger charge is 2.17. The van der Waals surface area contributed by atoms with E-state index in [9.17, 15) is 8.42 Å². The molecule has 118 valence electrons. The maximum absolute atomic E-state index is 12.2. The summed E-state index contributed by atoms with van der Waals surface area (Å²) in [6.07, 6.45) is 3.29. The van der Waals surface area contributed by atoms with Crippen molar-refractivity contribution in [1.29, 1.82) is 0 Å². The zero-order valence-electron chi connectivity index (χ0n) is 12.2. The maximum atomic E-state index is 12.2. The number of anilines is 1. The quantitative estimate of drug-likeness (QED) is 0.617.